The Kier molecular flexibility index (Phi) is 11.3. The molecule has 4 aromatic rings. The third-order valence-electron chi connectivity index (χ3n) is 7.32. The summed E-state index contributed by atoms with van der Waals surface area (Å²) in [6.45, 7) is 2.11. The summed E-state index contributed by atoms with van der Waals surface area (Å²) >= 11 is 0. The van der Waals surface area contributed by atoms with Crippen molar-refractivity contribution in [3.63, 3.8) is 0 Å². The highest BCUT2D eigenvalue weighted by Gasteiger charge is 2.41. The number of ether oxygens (including phenoxy) is 2. The van der Waals surface area contributed by atoms with Gasteiger partial charge in [0, 0.05) is 0 Å². The second-order valence-corrected chi connectivity index (χ2v) is 10.8. The van der Waals surface area contributed by atoms with Gasteiger partial charge >= 0.3 is 12.2 Å². The van der Waals surface area contributed by atoms with Crippen LogP contribution < -0.4 is 9.47 Å². The van der Waals surface area contributed by atoms with Gasteiger partial charge in [-0.2, -0.15) is 17.6 Å². The lowest BCUT2D eigenvalue weighted by molar-refractivity contribution is -0.190. The second kappa shape index (κ2) is 15.0. The fourth-order valence-electron chi connectivity index (χ4n) is 4.89. The third kappa shape index (κ3) is 8.76. The SMILES string of the molecule is CCCCCCCCCc1cc(F)c(C(F)(F)Oc2ccc(C(F)(F)Oc3ccc(-c4cc(F)c(F)c(F)c4)cc3)cc2)c(F)c1. The number of hydrogen-bond acceptors (Lipinski definition) is 2. The van der Waals surface area contributed by atoms with E-state index in [0.29, 0.717) is 12.8 Å². The Balaban J connectivity index is 1.38. The number of benzene rings is 4. The van der Waals surface area contributed by atoms with Crippen LogP contribution in [0.15, 0.2) is 72.8 Å². The lowest BCUT2D eigenvalue weighted by Gasteiger charge is -2.21. The molecule has 4 aromatic carbocycles. The minimum absolute atomic E-state index is 0.0405. The number of hydrogen-bond donors (Lipinski definition) is 0. The van der Waals surface area contributed by atoms with Crippen LogP contribution in [0.4, 0.5) is 39.5 Å². The zero-order chi connectivity index (χ0) is 33.5. The molecule has 0 N–H and O–H groups in total. The average molecular weight is 655 g/mol. The van der Waals surface area contributed by atoms with Crippen molar-refractivity contribution in [3.05, 3.63) is 119 Å². The highest BCUT2D eigenvalue weighted by atomic mass is 19.3. The maximum atomic E-state index is 14.9. The molecule has 4 rings (SSSR count). The molecule has 0 heterocycles. The lowest BCUT2D eigenvalue weighted by atomic mass is 10.0. The van der Waals surface area contributed by atoms with Crippen LogP contribution in [0.3, 0.4) is 0 Å². The maximum Gasteiger partial charge on any atom is 0.432 e. The Morgan fingerprint density at radius 3 is 1.54 bits per heavy atom. The zero-order valence-corrected chi connectivity index (χ0v) is 24.8. The van der Waals surface area contributed by atoms with Gasteiger partial charge in [-0.1, -0.05) is 57.6 Å². The molecule has 0 atom stereocenters. The molecular weight excluding hydrogens is 623 g/mol. The van der Waals surface area contributed by atoms with Crippen LogP contribution >= 0.6 is 0 Å². The fraction of sp³-hybridized carbons (Fsp3) is 0.314. The minimum Gasteiger partial charge on any atom is -0.429 e. The van der Waals surface area contributed by atoms with Crippen LogP contribution in [0.1, 0.15) is 68.6 Å². The number of aryl methyl sites for hydroxylation is 1. The number of unbranched alkanes of at least 4 members (excludes halogenated alkanes) is 6. The molecule has 0 aliphatic heterocycles. The van der Waals surface area contributed by atoms with Gasteiger partial charge < -0.3 is 9.47 Å². The van der Waals surface area contributed by atoms with E-state index >= 15 is 0 Å². The van der Waals surface area contributed by atoms with Gasteiger partial charge in [-0.05, 0) is 90.2 Å². The Morgan fingerprint density at radius 1 is 0.522 bits per heavy atom. The monoisotopic (exact) mass is 654 g/mol. The fourth-order valence-corrected chi connectivity index (χ4v) is 4.89. The van der Waals surface area contributed by atoms with Crippen LogP contribution in [0.2, 0.25) is 0 Å². The predicted molar refractivity (Wildman–Crippen MR) is 155 cm³/mol. The van der Waals surface area contributed by atoms with Crippen molar-refractivity contribution in [2.45, 2.75) is 70.5 Å². The first kappa shape index (κ1) is 34.7. The Labute approximate surface area is 260 Å². The summed E-state index contributed by atoms with van der Waals surface area (Å²) in [7, 11) is 0. The van der Waals surface area contributed by atoms with Crippen LogP contribution in [-0.4, -0.2) is 0 Å². The van der Waals surface area contributed by atoms with E-state index in [1.165, 1.54) is 12.1 Å². The predicted octanol–water partition coefficient (Wildman–Crippen LogP) is 11.6. The molecule has 0 aliphatic carbocycles. The van der Waals surface area contributed by atoms with Crippen LogP contribution in [-0.2, 0) is 18.6 Å². The number of halogens is 9. The molecule has 0 unspecified atom stereocenters. The Morgan fingerprint density at radius 2 is 1.00 bits per heavy atom. The first-order valence-electron chi connectivity index (χ1n) is 14.8. The summed E-state index contributed by atoms with van der Waals surface area (Å²) in [5.74, 6) is -8.46. The van der Waals surface area contributed by atoms with Gasteiger partial charge in [0.2, 0.25) is 0 Å². The highest BCUT2D eigenvalue weighted by molar-refractivity contribution is 5.64. The van der Waals surface area contributed by atoms with E-state index in [2.05, 4.69) is 11.7 Å². The topological polar surface area (TPSA) is 18.5 Å². The Bertz CT molecular complexity index is 1560. The molecule has 0 aliphatic rings. The van der Waals surface area contributed by atoms with E-state index < -0.39 is 58.2 Å². The quantitative estimate of drug-likeness (QED) is 0.0722. The minimum atomic E-state index is -4.45. The summed E-state index contributed by atoms with van der Waals surface area (Å²) in [5.41, 5.74) is -1.97. The molecule has 46 heavy (non-hydrogen) atoms. The van der Waals surface area contributed by atoms with Crippen molar-refractivity contribution < 1.29 is 49.0 Å². The van der Waals surface area contributed by atoms with Crippen molar-refractivity contribution in [1.82, 2.24) is 0 Å². The molecule has 0 radical (unpaired) electrons. The van der Waals surface area contributed by atoms with Crippen molar-refractivity contribution in [2.75, 3.05) is 0 Å². The van der Waals surface area contributed by atoms with E-state index in [1.807, 2.05) is 0 Å². The molecule has 0 saturated heterocycles. The van der Waals surface area contributed by atoms with Gasteiger partial charge in [0.1, 0.15) is 28.7 Å². The van der Waals surface area contributed by atoms with Crippen LogP contribution in [0, 0.1) is 29.1 Å². The van der Waals surface area contributed by atoms with Crippen LogP contribution in [0.25, 0.3) is 11.1 Å². The third-order valence-corrected chi connectivity index (χ3v) is 7.32. The van der Waals surface area contributed by atoms with Gasteiger partial charge in [-0.3, -0.25) is 0 Å². The van der Waals surface area contributed by atoms with Gasteiger partial charge in [-0.25, -0.2) is 22.0 Å². The van der Waals surface area contributed by atoms with Crippen molar-refractivity contribution >= 4 is 0 Å². The molecule has 2 nitrogen and oxygen atoms in total. The average Bonchev–Trinajstić information content (AvgIpc) is 2.99. The lowest BCUT2D eigenvalue weighted by Crippen LogP contribution is -2.25. The first-order chi connectivity index (χ1) is 21.8. The second-order valence-electron chi connectivity index (χ2n) is 10.8. The van der Waals surface area contributed by atoms with Gasteiger partial charge in [-0.15, -0.1) is 0 Å². The molecule has 246 valence electrons. The molecule has 0 saturated carbocycles. The van der Waals surface area contributed by atoms with E-state index in [0.717, 1.165) is 99.2 Å². The standard InChI is InChI=1S/C35H31F9O2/c1-2-3-4-5-6-7-8-9-22-18-28(36)32(29(37)19-22)35(43,44)46-27-16-12-25(13-17-27)34(41,42)45-26-14-10-23(11-15-26)24-20-30(38)33(40)31(39)21-24/h10-21H,2-9H2,1H3. The molecule has 0 amide bonds. The summed E-state index contributed by atoms with van der Waals surface area (Å²) in [6.07, 6.45) is -1.18. The maximum absolute atomic E-state index is 14.9. The van der Waals surface area contributed by atoms with Gasteiger partial charge in [0.15, 0.2) is 17.5 Å². The first-order valence-corrected chi connectivity index (χ1v) is 14.8. The Hall–Kier alpha value is -4.15. The summed E-state index contributed by atoms with van der Waals surface area (Å²) in [4.78, 5) is 0. The number of alkyl halides is 4. The van der Waals surface area contributed by atoms with E-state index in [1.54, 1.807) is 0 Å². The van der Waals surface area contributed by atoms with Crippen molar-refractivity contribution in [3.8, 4) is 22.6 Å². The normalized spacial score (nSPS) is 12.0. The van der Waals surface area contributed by atoms with E-state index in [-0.39, 0.29) is 22.4 Å². The van der Waals surface area contributed by atoms with Gasteiger partial charge in [0.05, 0.1) is 5.56 Å². The highest BCUT2D eigenvalue weighted by Crippen LogP contribution is 2.38. The van der Waals surface area contributed by atoms with Crippen molar-refractivity contribution in [2.24, 2.45) is 0 Å². The molecule has 0 spiro atoms. The summed E-state index contributed by atoms with van der Waals surface area (Å²) in [5, 5.41) is 0. The summed E-state index contributed by atoms with van der Waals surface area (Å²) in [6, 6.07) is 10.8. The molecule has 11 heteroatoms. The largest absolute Gasteiger partial charge is 0.432 e. The van der Waals surface area contributed by atoms with Crippen LogP contribution in [0.5, 0.6) is 11.5 Å². The van der Waals surface area contributed by atoms with E-state index in [4.69, 9.17) is 4.74 Å². The molecule has 0 bridgehead atoms. The van der Waals surface area contributed by atoms with Gasteiger partial charge in [0.25, 0.3) is 0 Å². The van der Waals surface area contributed by atoms with Crippen molar-refractivity contribution in [1.29, 1.82) is 0 Å². The zero-order valence-electron chi connectivity index (χ0n) is 24.8. The molecule has 0 aromatic heterocycles. The molecular formula is C35H31F9O2. The summed E-state index contributed by atoms with van der Waals surface area (Å²) < 4.78 is 138. The van der Waals surface area contributed by atoms with E-state index in [9.17, 15) is 39.5 Å². The smallest absolute Gasteiger partial charge is 0.429 e. The molecule has 0 fully saturated rings. The number of rotatable bonds is 15.